The average molecular weight is 189 g/mol. The Hall–Kier alpha value is -0.740. The maximum Gasteiger partial charge on any atom is 0.0296 e. The fraction of sp³-hybridized carbons (Fsp3) is 0.692. The van der Waals surface area contributed by atoms with E-state index in [1.165, 1.54) is 37.8 Å². The largest absolute Gasteiger partial charge is 0.294 e. The first kappa shape index (κ1) is 9.80. The number of terminal acetylenes is 1. The summed E-state index contributed by atoms with van der Waals surface area (Å²) in [5.74, 6) is 2.78. The molecule has 1 nitrogen and oxygen atoms in total. The second-order valence-electron chi connectivity index (χ2n) is 4.52. The van der Waals surface area contributed by atoms with Crippen LogP contribution in [0.3, 0.4) is 0 Å². The molecule has 0 spiro atoms. The third-order valence-electron chi connectivity index (χ3n) is 3.57. The normalized spacial score (nSPS) is 33.9. The molecule has 0 aromatic rings. The van der Waals surface area contributed by atoms with Crippen molar-refractivity contribution in [2.45, 2.75) is 51.1 Å². The van der Waals surface area contributed by atoms with Gasteiger partial charge in [-0.05, 0) is 44.7 Å². The maximum absolute atomic E-state index is 5.42. The van der Waals surface area contributed by atoms with Gasteiger partial charge < -0.3 is 0 Å². The van der Waals surface area contributed by atoms with Crippen molar-refractivity contribution in [2.24, 2.45) is 0 Å². The van der Waals surface area contributed by atoms with Crippen LogP contribution in [0, 0.1) is 12.3 Å². The van der Waals surface area contributed by atoms with Crippen LogP contribution < -0.4 is 0 Å². The van der Waals surface area contributed by atoms with E-state index in [2.05, 4.69) is 23.8 Å². The molecule has 2 aliphatic rings. The SMILES string of the molecule is C#CC1=C[C@H](N2CCCC[C@H]2C)CC1. The highest BCUT2D eigenvalue weighted by atomic mass is 15.2. The zero-order chi connectivity index (χ0) is 9.97. The van der Waals surface area contributed by atoms with Gasteiger partial charge in [-0.1, -0.05) is 18.4 Å². The summed E-state index contributed by atoms with van der Waals surface area (Å²) in [4.78, 5) is 2.63. The standard InChI is InChI=1S/C13H19N/c1-3-12-7-8-13(10-12)14-9-5-4-6-11(14)2/h1,10-11,13H,4-9H2,2H3/t11-,13-/m1/s1. The first-order valence-electron chi connectivity index (χ1n) is 5.74. The summed E-state index contributed by atoms with van der Waals surface area (Å²) in [5, 5.41) is 0. The molecule has 0 amide bonds. The van der Waals surface area contributed by atoms with E-state index >= 15 is 0 Å². The second-order valence-corrected chi connectivity index (χ2v) is 4.52. The number of likely N-dealkylation sites (tertiary alicyclic amines) is 1. The first-order valence-corrected chi connectivity index (χ1v) is 5.74. The molecule has 1 aliphatic carbocycles. The van der Waals surface area contributed by atoms with Crippen molar-refractivity contribution in [1.29, 1.82) is 0 Å². The third kappa shape index (κ3) is 1.86. The third-order valence-corrected chi connectivity index (χ3v) is 3.57. The van der Waals surface area contributed by atoms with E-state index in [0.717, 1.165) is 12.5 Å². The van der Waals surface area contributed by atoms with Crippen LogP contribution in [0.4, 0.5) is 0 Å². The quantitative estimate of drug-likeness (QED) is 0.573. The van der Waals surface area contributed by atoms with Gasteiger partial charge in [0.1, 0.15) is 0 Å². The van der Waals surface area contributed by atoms with E-state index in [9.17, 15) is 0 Å². The number of hydrogen-bond acceptors (Lipinski definition) is 1. The lowest BCUT2D eigenvalue weighted by molar-refractivity contribution is 0.128. The summed E-state index contributed by atoms with van der Waals surface area (Å²) in [5.41, 5.74) is 1.22. The Labute approximate surface area is 87.2 Å². The molecule has 0 bridgehead atoms. The molecular weight excluding hydrogens is 170 g/mol. The van der Waals surface area contributed by atoms with Crippen molar-refractivity contribution in [3.63, 3.8) is 0 Å². The molecule has 1 heterocycles. The maximum atomic E-state index is 5.42. The molecule has 1 heteroatoms. The Kier molecular flexibility index (Phi) is 2.93. The predicted molar refractivity (Wildman–Crippen MR) is 60.0 cm³/mol. The molecule has 2 rings (SSSR count). The van der Waals surface area contributed by atoms with Crippen molar-refractivity contribution in [3.8, 4) is 12.3 Å². The highest BCUT2D eigenvalue weighted by Crippen LogP contribution is 2.27. The molecule has 14 heavy (non-hydrogen) atoms. The Morgan fingerprint density at radius 2 is 2.29 bits per heavy atom. The molecule has 0 unspecified atom stereocenters. The van der Waals surface area contributed by atoms with E-state index in [-0.39, 0.29) is 0 Å². The van der Waals surface area contributed by atoms with Crippen LogP contribution in [0.5, 0.6) is 0 Å². The fourth-order valence-corrected chi connectivity index (χ4v) is 2.70. The number of allylic oxidation sites excluding steroid dienone is 1. The minimum atomic E-state index is 0.636. The summed E-state index contributed by atoms with van der Waals surface area (Å²) < 4.78 is 0. The molecule has 0 aromatic heterocycles. The summed E-state index contributed by atoms with van der Waals surface area (Å²) in [6, 6.07) is 1.39. The highest BCUT2D eigenvalue weighted by Gasteiger charge is 2.27. The van der Waals surface area contributed by atoms with Gasteiger partial charge in [-0.15, -0.1) is 6.42 Å². The topological polar surface area (TPSA) is 3.24 Å². The number of nitrogens with zero attached hydrogens (tertiary/aromatic N) is 1. The highest BCUT2D eigenvalue weighted by molar-refractivity contribution is 5.31. The number of piperidine rings is 1. The van der Waals surface area contributed by atoms with E-state index in [0.29, 0.717) is 6.04 Å². The predicted octanol–water partition coefficient (Wildman–Crippen LogP) is 2.58. The van der Waals surface area contributed by atoms with Crippen LogP contribution in [0.2, 0.25) is 0 Å². The van der Waals surface area contributed by atoms with Gasteiger partial charge in [0.25, 0.3) is 0 Å². The molecule has 0 saturated carbocycles. The molecular formula is C13H19N. The lowest BCUT2D eigenvalue weighted by atomic mass is 10.0. The van der Waals surface area contributed by atoms with Crippen molar-refractivity contribution >= 4 is 0 Å². The smallest absolute Gasteiger partial charge is 0.0296 e. The van der Waals surface area contributed by atoms with Gasteiger partial charge in [-0.2, -0.15) is 0 Å². The lowest BCUT2D eigenvalue weighted by Gasteiger charge is -2.37. The van der Waals surface area contributed by atoms with Crippen molar-refractivity contribution in [1.82, 2.24) is 4.90 Å². The van der Waals surface area contributed by atoms with Crippen LogP contribution >= 0.6 is 0 Å². The second kappa shape index (κ2) is 4.19. The summed E-state index contributed by atoms with van der Waals surface area (Å²) >= 11 is 0. The number of rotatable bonds is 1. The Bertz CT molecular complexity index is 271. The molecule has 76 valence electrons. The minimum Gasteiger partial charge on any atom is -0.294 e. The Balaban J connectivity index is 2.01. The summed E-state index contributed by atoms with van der Waals surface area (Å²) in [6.07, 6.45) is 14.2. The van der Waals surface area contributed by atoms with Gasteiger partial charge in [0.15, 0.2) is 0 Å². The van der Waals surface area contributed by atoms with Gasteiger partial charge in [0.05, 0.1) is 0 Å². The zero-order valence-corrected chi connectivity index (χ0v) is 9.00. The molecule has 2 atom stereocenters. The Morgan fingerprint density at radius 1 is 1.43 bits per heavy atom. The van der Waals surface area contributed by atoms with Gasteiger partial charge in [-0.3, -0.25) is 4.90 Å². The number of hydrogen-bond donors (Lipinski definition) is 0. The van der Waals surface area contributed by atoms with E-state index < -0.39 is 0 Å². The van der Waals surface area contributed by atoms with E-state index in [4.69, 9.17) is 6.42 Å². The molecule has 1 fully saturated rings. The van der Waals surface area contributed by atoms with Crippen LogP contribution in [0.15, 0.2) is 11.6 Å². The summed E-state index contributed by atoms with van der Waals surface area (Å²) in [7, 11) is 0. The Morgan fingerprint density at radius 3 is 2.93 bits per heavy atom. The molecule has 0 radical (unpaired) electrons. The lowest BCUT2D eigenvalue weighted by Crippen LogP contribution is -2.43. The monoisotopic (exact) mass is 189 g/mol. The van der Waals surface area contributed by atoms with Crippen LogP contribution in [0.1, 0.15) is 39.0 Å². The minimum absolute atomic E-state index is 0.636. The van der Waals surface area contributed by atoms with Gasteiger partial charge in [0.2, 0.25) is 0 Å². The van der Waals surface area contributed by atoms with Gasteiger partial charge in [-0.25, -0.2) is 0 Å². The zero-order valence-electron chi connectivity index (χ0n) is 9.00. The van der Waals surface area contributed by atoms with Gasteiger partial charge in [0, 0.05) is 12.1 Å². The molecule has 0 N–H and O–H groups in total. The van der Waals surface area contributed by atoms with Crippen LogP contribution in [0.25, 0.3) is 0 Å². The molecule has 1 aliphatic heterocycles. The average Bonchev–Trinajstić information content (AvgIpc) is 2.67. The molecule has 1 saturated heterocycles. The summed E-state index contributed by atoms with van der Waals surface area (Å²) in [6.45, 7) is 3.61. The van der Waals surface area contributed by atoms with Crippen molar-refractivity contribution in [3.05, 3.63) is 11.6 Å². The van der Waals surface area contributed by atoms with Crippen molar-refractivity contribution < 1.29 is 0 Å². The van der Waals surface area contributed by atoms with E-state index in [1.54, 1.807) is 0 Å². The first-order chi connectivity index (χ1) is 6.81. The van der Waals surface area contributed by atoms with E-state index in [1.807, 2.05) is 0 Å². The molecule has 0 aromatic carbocycles. The van der Waals surface area contributed by atoms with Gasteiger partial charge >= 0.3 is 0 Å². The fourth-order valence-electron chi connectivity index (χ4n) is 2.70. The van der Waals surface area contributed by atoms with Crippen LogP contribution in [-0.2, 0) is 0 Å². The van der Waals surface area contributed by atoms with Crippen molar-refractivity contribution in [2.75, 3.05) is 6.54 Å². The van der Waals surface area contributed by atoms with Crippen LogP contribution in [-0.4, -0.2) is 23.5 Å².